The molecule has 0 aromatic rings. The van der Waals surface area contributed by atoms with Gasteiger partial charge in [-0.1, -0.05) is 0 Å². The van der Waals surface area contributed by atoms with Crippen LogP contribution in [0, 0.1) is 0 Å². The van der Waals surface area contributed by atoms with E-state index in [9.17, 15) is 13.2 Å². The van der Waals surface area contributed by atoms with Gasteiger partial charge in [0, 0.05) is 33.1 Å². The number of sulfonamides is 1. The van der Waals surface area contributed by atoms with Gasteiger partial charge in [0.1, 0.15) is 0 Å². The molecule has 1 aliphatic heterocycles. The lowest BCUT2D eigenvalue weighted by Crippen LogP contribution is -2.37. The van der Waals surface area contributed by atoms with E-state index in [1.54, 1.807) is 4.90 Å². The molecular formula is C11H23N3O3S. The van der Waals surface area contributed by atoms with Crippen LogP contribution >= 0.6 is 0 Å². The van der Waals surface area contributed by atoms with E-state index in [1.807, 2.05) is 0 Å². The highest BCUT2D eigenvalue weighted by Crippen LogP contribution is 2.10. The Balaban J connectivity index is 2.53. The maximum atomic E-state index is 12.1. The fraction of sp³-hybridized carbons (Fsp3) is 0.909. The van der Waals surface area contributed by atoms with Crippen molar-refractivity contribution in [3.8, 4) is 0 Å². The summed E-state index contributed by atoms with van der Waals surface area (Å²) in [6.45, 7) is 4.09. The number of nitrogens with zero attached hydrogens (tertiary/aromatic N) is 2. The Labute approximate surface area is 109 Å². The predicted octanol–water partition coefficient (Wildman–Crippen LogP) is -0.391. The molecular weight excluding hydrogens is 254 g/mol. The molecule has 0 saturated carbocycles. The minimum Gasteiger partial charge on any atom is -0.342 e. The minimum atomic E-state index is -3.19. The van der Waals surface area contributed by atoms with Crippen molar-refractivity contribution in [3.63, 3.8) is 0 Å². The van der Waals surface area contributed by atoms with Gasteiger partial charge in [0.25, 0.3) is 0 Å². The molecule has 1 rings (SSSR count). The Morgan fingerprint density at radius 3 is 2.50 bits per heavy atom. The minimum absolute atomic E-state index is 0.0115. The molecule has 1 amide bonds. The number of unbranched alkanes of at least 4 members (excludes halogenated alkanes) is 1. The second-order valence-corrected chi connectivity index (χ2v) is 6.66. The average Bonchev–Trinajstić information content (AvgIpc) is 2.55. The topological polar surface area (TPSA) is 83.7 Å². The lowest BCUT2D eigenvalue weighted by Gasteiger charge is -2.21. The number of hydrogen-bond acceptors (Lipinski definition) is 4. The van der Waals surface area contributed by atoms with Gasteiger partial charge in [-0.05, 0) is 25.8 Å². The van der Waals surface area contributed by atoms with Gasteiger partial charge in [0.15, 0.2) is 0 Å². The first kappa shape index (κ1) is 15.4. The summed E-state index contributed by atoms with van der Waals surface area (Å²) in [5, 5.41) is 0. The van der Waals surface area contributed by atoms with Crippen LogP contribution in [0.25, 0.3) is 0 Å². The third kappa shape index (κ3) is 4.55. The highest BCUT2D eigenvalue weighted by Gasteiger charge is 2.25. The third-order valence-corrected chi connectivity index (χ3v) is 5.11. The SMILES string of the molecule is CC(=O)N1CCCN(S(=O)(=O)CCCCN)CC1. The van der Waals surface area contributed by atoms with Gasteiger partial charge in [-0.2, -0.15) is 0 Å². The van der Waals surface area contributed by atoms with E-state index < -0.39 is 10.0 Å². The van der Waals surface area contributed by atoms with Gasteiger partial charge in [0.2, 0.25) is 15.9 Å². The average molecular weight is 277 g/mol. The molecule has 1 saturated heterocycles. The van der Waals surface area contributed by atoms with E-state index >= 15 is 0 Å². The van der Waals surface area contributed by atoms with Crippen molar-refractivity contribution >= 4 is 15.9 Å². The number of amides is 1. The number of hydrogen-bond donors (Lipinski definition) is 1. The first-order valence-electron chi connectivity index (χ1n) is 6.41. The van der Waals surface area contributed by atoms with Crippen LogP contribution < -0.4 is 5.73 Å². The molecule has 1 aliphatic rings. The van der Waals surface area contributed by atoms with Crippen molar-refractivity contribution in [2.75, 3.05) is 38.5 Å². The Kier molecular flexibility index (Phi) is 6.04. The first-order chi connectivity index (χ1) is 8.47. The van der Waals surface area contributed by atoms with E-state index in [1.165, 1.54) is 11.2 Å². The smallest absolute Gasteiger partial charge is 0.219 e. The molecule has 0 aliphatic carbocycles. The van der Waals surface area contributed by atoms with Crippen LogP contribution in [-0.2, 0) is 14.8 Å². The Morgan fingerprint density at radius 1 is 1.17 bits per heavy atom. The Bertz CT molecular complexity index is 370. The van der Waals surface area contributed by atoms with Crippen molar-refractivity contribution in [2.24, 2.45) is 5.73 Å². The number of carbonyl (C=O) groups is 1. The molecule has 0 atom stereocenters. The van der Waals surface area contributed by atoms with E-state index in [0.29, 0.717) is 45.6 Å². The lowest BCUT2D eigenvalue weighted by atomic mass is 10.3. The summed E-state index contributed by atoms with van der Waals surface area (Å²) in [6.07, 6.45) is 2.04. The van der Waals surface area contributed by atoms with Gasteiger partial charge in [-0.3, -0.25) is 4.79 Å². The van der Waals surface area contributed by atoms with Crippen LogP contribution in [0.15, 0.2) is 0 Å². The molecule has 0 unspecified atom stereocenters. The highest BCUT2D eigenvalue weighted by molar-refractivity contribution is 7.89. The number of rotatable bonds is 5. The molecule has 0 aromatic carbocycles. The monoisotopic (exact) mass is 277 g/mol. The predicted molar refractivity (Wildman–Crippen MR) is 70.5 cm³/mol. The quantitative estimate of drug-likeness (QED) is 0.694. The standard InChI is InChI=1S/C11H23N3O3S/c1-11(15)13-6-4-7-14(9-8-13)18(16,17)10-3-2-5-12/h2-10,12H2,1H3. The van der Waals surface area contributed by atoms with Crippen LogP contribution in [0.3, 0.4) is 0 Å². The van der Waals surface area contributed by atoms with Crippen molar-refractivity contribution in [2.45, 2.75) is 26.2 Å². The van der Waals surface area contributed by atoms with Gasteiger partial charge in [0.05, 0.1) is 5.75 Å². The van der Waals surface area contributed by atoms with Crippen molar-refractivity contribution < 1.29 is 13.2 Å². The third-order valence-electron chi connectivity index (χ3n) is 3.15. The summed E-state index contributed by atoms with van der Waals surface area (Å²) in [4.78, 5) is 13.0. The highest BCUT2D eigenvalue weighted by atomic mass is 32.2. The zero-order valence-corrected chi connectivity index (χ0v) is 11.8. The van der Waals surface area contributed by atoms with E-state index in [2.05, 4.69) is 0 Å². The van der Waals surface area contributed by atoms with Crippen LogP contribution in [0.2, 0.25) is 0 Å². The largest absolute Gasteiger partial charge is 0.342 e. The maximum absolute atomic E-state index is 12.1. The van der Waals surface area contributed by atoms with Crippen LogP contribution in [0.4, 0.5) is 0 Å². The van der Waals surface area contributed by atoms with Crippen LogP contribution in [0.5, 0.6) is 0 Å². The fourth-order valence-electron chi connectivity index (χ4n) is 2.04. The molecule has 2 N–H and O–H groups in total. The van der Waals surface area contributed by atoms with E-state index in [0.717, 1.165) is 6.42 Å². The van der Waals surface area contributed by atoms with Crippen molar-refractivity contribution in [3.05, 3.63) is 0 Å². The number of carbonyl (C=O) groups excluding carboxylic acids is 1. The Hall–Kier alpha value is -0.660. The first-order valence-corrected chi connectivity index (χ1v) is 8.01. The molecule has 1 heterocycles. The second kappa shape index (κ2) is 7.06. The molecule has 0 bridgehead atoms. The summed E-state index contributed by atoms with van der Waals surface area (Å²) in [7, 11) is -3.19. The molecule has 106 valence electrons. The molecule has 1 fully saturated rings. The molecule has 0 aromatic heterocycles. The van der Waals surface area contributed by atoms with Gasteiger partial charge >= 0.3 is 0 Å². The van der Waals surface area contributed by atoms with Crippen LogP contribution in [0.1, 0.15) is 26.2 Å². The summed E-state index contributed by atoms with van der Waals surface area (Å²) >= 11 is 0. The summed E-state index contributed by atoms with van der Waals surface area (Å²) in [6, 6.07) is 0. The van der Waals surface area contributed by atoms with E-state index in [-0.39, 0.29) is 11.7 Å². The van der Waals surface area contributed by atoms with Crippen LogP contribution in [-0.4, -0.2) is 62.0 Å². The normalized spacial score (nSPS) is 18.7. The summed E-state index contributed by atoms with van der Waals surface area (Å²) in [5.74, 6) is 0.168. The molecule has 0 spiro atoms. The fourth-order valence-corrected chi connectivity index (χ4v) is 3.64. The van der Waals surface area contributed by atoms with Gasteiger partial charge in [-0.15, -0.1) is 0 Å². The van der Waals surface area contributed by atoms with Gasteiger partial charge < -0.3 is 10.6 Å². The molecule has 6 nitrogen and oxygen atoms in total. The molecule has 18 heavy (non-hydrogen) atoms. The zero-order valence-electron chi connectivity index (χ0n) is 11.0. The van der Waals surface area contributed by atoms with E-state index in [4.69, 9.17) is 5.73 Å². The lowest BCUT2D eigenvalue weighted by molar-refractivity contribution is -0.128. The molecule has 7 heteroatoms. The molecule has 0 radical (unpaired) electrons. The zero-order chi connectivity index (χ0) is 13.6. The second-order valence-electron chi connectivity index (χ2n) is 4.57. The van der Waals surface area contributed by atoms with Crippen molar-refractivity contribution in [1.82, 2.24) is 9.21 Å². The summed E-state index contributed by atoms with van der Waals surface area (Å²) in [5.41, 5.74) is 5.36. The number of nitrogens with two attached hydrogens (primary N) is 1. The maximum Gasteiger partial charge on any atom is 0.219 e. The van der Waals surface area contributed by atoms with Gasteiger partial charge in [-0.25, -0.2) is 12.7 Å². The Morgan fingerprint density at radius 2 is 1.89 bits per heavy atom. The van der Waals surface area contributed by atoms with Crippen molar-refractivity contribution in [1.29, 1.82) is 0 Å². The summed E-state index contributed by atoms with van der Waals surface area (Å²) < 4.78 is 25.6.